The lowest BCUT2D eigenvalue weighted by Crippen LogP contribution is -2.30. The van der Waals surface area contributed by atoms with E-state index in [1.165, 1.54) is 173 Å². The molecule has 0 radical (unpaired) electrons. The van der Waals surface area contributed by atoms with Crippen molar-refractivity contribution < 1.29 is 80.2 Å². The predicted molar refractivity (Wildman–Crippen MR) is 386 cm³/mol. The fraction of sp³-hybridized carbons (Fsp3) is 0.895. The van der Waals surface area contributed by atoms with E-state index in [-0.39, 0.29) is 25.7 Å². The van der Waals surface area contributed by atoms with Gasteiger partial charge >= 0.3 is 39.5 Å². The van der Waals surface area contributed by atoms with Gasteiger partial charge in [-0.1, -0.05) is 316 Å². The maximum atomic E-state index is 13.1. The van der Waals surface area contributed by atoms with Gasteiger partial charge in [0, 0.05) is 25.7 Å². The molecular formula is C76H144O17P2. The Morgan fingerprint density at radius 3 is 0.947 bits per heavy atom. The molecule has 0 bridgehead atoms. The van der Waals surface area contributed by atoms with Gasteiger partial charge in [-0.25, -0.2) is 9.13 Å². The average molecular weight is 1390 g/mol. The zero-order valence-corrected chi connectivity index (χ0v) is 63.2. The number of aliphatic hydroxyl groups excluding tert-OH is 1. The lowest BCUT2D eigenvalue weighted by atomic mass is 9.99. The molecule has 0 aromatic carbocycles. The van der Waals surface area contributed by atoms with Gasteiger partial charge < -0.3 is 33.8 Å². The molecule has 0 spiro atoms. The molecule has 0 aromatic heterocycles. The van der Waals surface area contributed by atoms with Crippen LogP contribution in [0.25, 0.3) is 0 Å². The zero-order valence-electron chi connectivity index (χ0n) is 61.5. The summed E-state index contributed by atoms with van der Waals surface area (Å²) in [6.45, 7) is 9.52. The Labute approximate surface area is 580 Å². The van der Waals surface area contributed by atoms with Crippen LogP contribution in [0.5, 0.6) is 0 Å². The molecule has 0 saturated heterocycles. The molecule has 0 aliphatic carbocycles. The number of hydrogen-bond acceptors (Lipinski definition) is 15. The van der Waals surface area contributed by atoms with E-state index in [2.05, 4.69) is 65.8 Å². The third-order valence-electron chi connectivity index (χ3n) is 17.4. The molecule has 0 fully saturated rings. The Morgan fingerprint density at radius 2 is 0.621 bits per heavy atom. The molecule has 0 rings (SSSR count). The van der Waals surface area contributed by atoms with Gasteiger partial charge in [-0.05, 0) is 63.2 Å². The summed E-state index contributed by atoms with van der Waals surface area (Å²) < 4.78 is 68.5. The van der Waals surface area contributed by atoms with Crippen LogP contribution >= 0.6 is 15.6 Å². The van der Waals surface area contributed by atoms with Gasteiger partial charge in [0.2, 0.25) is 0 Å². The van der Waals surface area contributed by atoms with Crippen LogP contribution in [-0.2, 0) is 65.4 Å². The standard InChI is InChI=1S/C76H144O17P2/c1-7-10-12-14-16-18-20-22-24-26-28-33-40-46-52-58-73(78)86-64-71(92-75(80)60-54-48-42-34-29-27-25-23-21-19-17-15-13-11-8-2)66-90-94(82,83)88-62-70(77)63-89-95(84,85)91-67-72(65-87-74(79)59-53-47-41-37-36-39-45-51-57-69(6)9-3)93-76(81)61-55-49-43-35-31-30-32-38-44-50-56-68(4)5/h19,21,23,25,68-72,77H,7-18,20,22,24,26-67H2,1-6H3,(H,82,83)(H,84,85)/b21-19-,25-23-/t69?,70-,71-,72-/m1/s1. The van der Waals surface area contributed by atoms with E-state index in [0.29, 0.717) is 25.7 Å². The van der Waals surface area contributed by atoms with E-state index in [4.69, 9.17) is 37.0 Å². The second kappa shape index (κ2) is 67.4. The van der Waals surface area contributed by atoms with Crippen molar-refractivity contribution >= 4 is 39.5 Å². The van der Waals surface area contributed by atoms with Crippen molar-refractivity contribution in [2.75, 3.05) is 39.6 Å². The van der Waals surface area contributed by atoms with Crippen LogP contribution in [-0.4, -0.2) is 96.7 Å². The number of carbonyl (C=O) groups excluding carboxylic acids is 4. The summed E-state index contributed by atoms with van der Waals surface area (Å²) in [5.41, 5.74) is 0. The van der Waals surface area contributed by atoms with Gasteiger partial charge in [0.15, 0.2) is 12.2 Å². The van der Waals surface area contributed by atoms with Crippen LogP contribution in [0.3, 0.4) is 0 Å². The Kier molecular flexibility index (Phi) is 65.6. The summed E-state index contributed by atoms with van der Waals surface area (Å²) in [4.78, 5) is 72.8. The van der Waals surface area contributed by atoms with Crippen molar-refractivity contribution in [2.45, 2.75) is 387 Å². The number of phosphoric acid groups is 2. The summed E-state index contributed by atoms with van der Waals surface area (Å²) in [5, 5.41) is 10.6. The highest BCUT2D eigenvalue weighted by molar-refractivity contribution is 7.47. The largest absolute Gasteiger partial charge is 0.472 e. The summed E-state index contributed by atoms with van der Waals surface area (Å²) in [6, 6.07) is 0. The van der Waals surface area contributed by atoms with Crippen molar-refractivity contribution in [3.05, 3.63) is 24.3 Å². The molecule has 0 aromatic rings. The minimum absolute atomic E-state index is 0.0854. The highest BCUT2D eigenvalue weighted by Crippen LogP contribution is 2.45. The van der Waals surface area contributed by atoms with Crippen molar-refractivity contribution in [1.29, 1.82) is 0 Å². The van der Waals surface area contributed by atoms with Gasteiger partial charge in [0.05, 0.1) is 26.4 Å². The van der Waals surface area contributed by atoms with Crippen molar-refractivity contribution in [3.8, 4) is 0 Å². The van der Waals surface area contributed by atoms with E-state index in [9.17, 15) is 43.2 Å². The van der Waals surface area contributed by atoms with Gasteiger partial charge in [-0.3, -0.25) is 37.3 Å². The molecular weight excluding hydrogens is 1250 g/mol. The van der Waals surface area contributed by atoms with E-state index < -0.39 is 97.5 Å². The first kappa shape index (κ1) is 92.5. The lowest BCUT2D eigenvalue weighted by Gasteiger charge is -2.21. The highest BCUT2D eigenvalue weighted by Gasteiger charge is 2.30. The molecule has 0 aliphatic rings. The summed E-state index contributed by atoms with van der Waals surface area (Å²) in [6.07, 6.45) is 57.5. The number of esters is 4. The monoisotopic (exact) mass is 1390 g/mol. The smallest absolute Gasteiger partial charge is 0.462 e. The first-order valence-electron chi connectivity index (χ1n) is 38.8. The Balaban J connectivity index is 5.31. The summed E-state index contributed by atoms with van der Waals surface area (Å²) >= 11 is 0. The number of allylic oxidation sites excluding steroid dienone is 4. The fourth-order valence-corrected chi connectivity index (χ4v) is 12.7. The Bertz CT molecular complexity index is 1930. The number of aliphatic hydroxyl groups is 1. The Hall–Kier alpha value is -2.46. The number of unbranched alkanes of at least 4 members (excludes halogenated alkanes) is 39. The minimum atomic E-state index is -4.97. The van der Waals surface area contributed by atoms with E-state index in [1.807, 2.05) is 0 Å². The van der Waals surface area contributed by atoms with Gasteiger partial charge in [0.1, 0.15) is 19.3 Å². The third-order valence-corrected chi connectivity index (χ3v) is 19.3. The molecule has 3 unspecified atom stereocenters. The van der Waals surface area contributed by atoms with E-state index in [0.717, 1.165) is 115 Å². The number of carbonyl (C=O) groups is 4. The molecule has 19 heteroatoms. The summed E-state index contributed by atoms with van der Waals surface area (Å²) in [7, 11) is -9.93. The normalized spacial score (nSPS) is 14.5. The molecule has 560 valence electrons. The first-order chi connectivity index (χ1) is 45.9. The molecule has 95 heavy (non-hydrogen) atoms. The van der Waals surface area contributed by atoms with Gasteiger partial charge in [-0.2, -0.15) is 0 Å². The number of ether oxygens (including phenoxy) is 4. The maximum Gasteiger partial charge on any atom is 0.472 e. The molecule has 0 aliphatic heterocycles. The first-order valence-corrected chi connectivity index (χ1v) is 41.8. The number of hydrogen-bond donors (Lipinski definition) is 3. The molecule has 17 nitrogen and oxygen atoms in total. The quantitative estimate of drug-likeness (QED) is 0.0169. The fourth-order valence-electron chi connectivity index (χ4n) is 11.1. The van der Waals surface area contributed by atoms with Crippen LogP contribution in [0, 0.1) is 11.8 Å². The zero-order chi connectivity index (χ0) is 70.0. The molecule has 3 N–H and O–H groups in total. The van der Waals surface area contributed by atoms with Crippen molar-refractivity contribution in [3.63, 3.8) is 0 Å². The van der Waals surface area contributed by atoms with Crippen LogP contribution in [0.1, 0.15) is 369 Å². The SMILES string of the molecule is CCCCCC/C=C\C=C/CCCCCCCC(=O)O[C@H](COC(=O)CCCCCCCCCCCCCCCCC)COP(=O)(O)OC[C@@H](O)COP(=O)(O)OC[C@@H](COC(=O)CCCCCCCCCCC(C)CC)OC(=O)CCCCCCCCCCCCC(C)C. The lowest BCUT2D eigenvalue weighted by molar-refractivity contribution is -0.161. The molecule has 6 atom stereocenters. The minimum Gasteiger partial charge on any atom is -0.462 e. The molecule has 0 saturated carbocycles. The van der Waals surface area contributed by atoms with Gasteiger partial charge in [-0.15, -0.1) is 0 Å². The Morgan fingerprint density at radius 1 is 0.347 bits per heavy atom. The van der Waals surface area contributed by atoms with Crippen LogP contribution in [0.4, 0.5) is 0 Å². The van der Waals surface area contributed by atoms with Gasteiger partial charge in [0.25, 0.3) is 0 Å². The van der Waals surface area contributed by atoms with Crippen molar-refractivity contribution in [1.82, 2.24) is 0 Å². The second-order valence-electron chi connectivity index (χ2n) is 27.4. The van der Waals surface area contributed by atoms with Crippen LogP contribution in [0.15, 0.2) is 24.3 Å². The predicted octanol–water partition coefficient (Wildman–Crippen LogP) is 21.9. The van der Waals surface area contributed by atoms with E-state index >= 15 is 0 Å². The number of phosphoric ester groups is 2. The topological polar surface area (TPSA) is 237 Å². The van der Waals surface area contributed by atoms with E-state index in [1.54, 1.807) is 0 Å². The third kappa shape index (κ3) is 68.5. The van der Waals surface area contributed by atoms with Crippen LogP contribution in [0.2, 0.25) is 0 Å². The summed E-state index contributed by atoms with van der Waals surface area (Å²) in [5.74, 6) is -0.620. The second-order valence-corrected chi connectivity index (χ2v) is 30.3. The maximum absolute atomic E-state index is 13.1. The van der Waals surface area contributed by atoms with Crippen molar-refractivity contribution in [2.24, 2.45) is 11.8 Å². The average Bonchev–Trinajstić information content (AvgIpc) is 1.55. The molecule has 0 heterocycles. The highest BCUT2D eigenvalue weighted by atomic mass is 31.2. The van der Waals surface area contributed by atoms with Crippen LogP contribution < -0.4 is 0 Å². The number of rotatable bonds is 73. The molecule has 0 amide bonds.